The molecule has 0 radical (unpaired) electrons. The number of hydrogen-bond acceptors (Lipinski definition) is 4. The Bertz CT molecular complexity index is 450. The molecule has 0 amide bonds. The van der Waals surface area contributed by atoms with Crippen LogP contribution in [-0.4, -0.2) is 32.0 Å². The zero-order valence-corrected chi connectivity index (χ0v) is 11.2. The van der Waals surface area contributed by atoms with Gasteiger partial charge in [0.15, 0.2) is 0 Å². The molecule has 19 heavy (non-hydrogen) atoms. The summed E-state index contributed by atoms with van der Waals surface area (Å²) in [6.07, 6.45) is 2.48. The van der Waals surface area contributed by atoms with Crippen LogP contribution in [0, 0.1) is 5.92 Å². The maximum atomic E-state index is 11.7. The van der Waals surface area contributed by atoms with Gasteiger partial charge in [-0.1, -0.05) is 12.1 Å². The smallest absolute Gasteiger partial charge is 0.309 e. The highest BCUT2D eigenvalue weighted by atomic mass is 16.5. The number of ether oxygens (including phenoxy) is 1. The molecule has 102 valence electrons. The molecular weight excluding hydrogens is 242 g/mol. The van der Waals surface area contributed by atoms with Crippen molar-refractivity contribution < 1.29 is 14.3 Å². The van der Waals surface area contributed by atoms with Crippen molar-refractivity contribution in [2.45, 2.75) is 19.8 Å². The number of carbonyl (C=O) groups is 2. The molecule has 0 bridgehead atoms. The molecule has 4 nitrogen and oxygen atoms in total. The van der Waals surface area contributed by atoms with Crippen molar-refractivity contribution in [3.63, 3.8) is 0 Å². The number of aldehydes is 1. The summed E-state index contributed by atoms with van der Waals surface area (Å²) >= 11 is 0. The summed E-state index contributed by atoms with van der Waals surface area (Å²) in [5.74, 6) is -0.0609. The van der Waals surface area contributed by atoms with Crippen molar-refractivity contribution in [2.75, 3.05) is 24.6 Å². The fourth-order valence-corrected chi connectivity index (χ4v) is 2.43. The van der Waals surface area contributed by atoms with Gasteiger partial charge in [0.1, 0.15) is 6.29 Å². The van der Waals surface area contributed by atoms with Gasteiger partial charge in [0.2, 0.25) is 0 Å². The molecule has 0 aromatic heterocycles. The van der Waals surface area contributed by atoms with Crippen LogP contribution in [0.25, 0.3) is 0 Å². The molecule has 0 N–H and O–H groups in total. The maximum absolute atomic E-state index is 11.7. The van der Waals surface area contributed by atoms with Crippen LogP contribution in [0.2, 0.25) is 0 Å². The number of carbonyl (C=O) groups excluding carboxylic acids is 2. The average molecular weight is 261 g/mol. The molecule has 1 saturated heterocycles. The SMILES string of the molecule is CCOC(=O)C1CCN(c2cccc(C=O)c2)CC1. The van der Waals surface area contributed by atoms with Gasteiger partial charge in [-0.05, 0) is 31.9 Å². The zero-order valence-electron chi connectivity index (χ0n) is 11.2. The lowest BCUT2D eigenvalue weighted by Crippen LogP contribution is -2.37. The number of benzene rings is 1. The Morgan fingerprint density at radius 2 is 2.16 bits per heavy atom. The molecule has 0 aliphatic carbocycles. The number of esters is 1. The first-order valence-corrected chi connectivity index (χ1v) is 6.71. The largest absolute Gasteiger partial charge is 0.466 e. The van der Waals surface area contributed by atoms with Gasteiger partial charge in [0.05, 0.1) is 12.5 Å². The van der Waals surface area contributed by atoms with Gasteiger partial charge < -0.3 is 9.64 Å². The Kier molecular flexibility index (Phi) is 4.55. The molecule has 1 aromatic rings. The summed E-state index contributed by atoms with van der Waals surface area (Å²) in [7, 11) is 0. The normalized spacial score (nSPS) is 16.2. The molecular formula is C15H19NO3. The molecule has 0 atom stereocenters. The summed E-state index contributed by atoms with van der Waals surface area (Å²) in [4.78, 5) is 24.6. The topological polar surface area (TPSA) is 46.6 Å². The molecule has 2 rings (SSSR count). The molecule has 4 heteroatoms. The van der Waals surface area contributed by atoms with E-state index in [9.17, 15) is 9.59 Å². The van der Waals surface area contributed by atoms with Crippen molar-refractivity contribution >= 4 is 17.9 Å². The van der Waals surface area contributed by atoms with E-state index in [1.54, 1.807) is 6.07 Å². The lowest BCUT2D eigenvalue weighted by atomic mass is 9.96. The van der Waals surface area contributed by atoms with Crippen LogP contribution in [0.1, 0.15) is 30.1 Å². The van der Waals surface area contributed by atoms with Gasteiger partial charge in [-0.15, -0.1) is 0 Å². The van der Waals surface area contributed by atoms with Gasteiger partial charge in [0, 0.05) is 24.3 Å². The molecule has 0 saturated carbocycles. The molecule has 1 fully saturated rings. The first-order chi connectivity index (χ1) is 9.24. The summed E-state index contributed by atoms with van der Waals surface area (Å²) in [5.41, 5.74) is 1.73. The van der Waals surface area contributed by atoms with Gasteiger partial charge in [-0.3, -0.25) is 9.59 Å². The van der Waals surface area contributed by atoms with Gasteiger partial charge in [0.25, 0.3) is 0 Å². The van der Waals surface area contributed by atoms with Crippen LogP contribution in [0.3, 0.4) is 0 Å². The minimum atomic E-state index is -0.0798. The molecule has 1 aliphatic heterocycles. The monoisotopic (exact) mass is 261 g/mol. The molecule has 1 aliphatic rings. The van der Waals surface area contributed by atoms with Crippen LogP contribution in [0.5, 0.6) is 0 Å². The Morgan fingerprint density at radius 1 is 1.42 bits per heavy atom. The Balaban J connectivity index is 1.95. The lowest BCUT2D eigenvalue weighted by Gasteiger charge is -2.32. The van der Waals surface area contributed by atoms with E-state index in [0.29, 0.717) is 12.2 Å². The van der Waals surface area contributed by atoms with Crippen LogP contribution in [0.15, 0.2) is 24.3 Å². The molecule has 1 heterocycles. The van der Waals surface area contributed by atoms with Crippen molar-refractivity contribution in [2.24, 2.45) is 5.92 Å². The van der Waals surface area contributed by atoms with Crippen LogP contribution >= 0.6 is 0 Å². The van der Waals surface area contributed by atoms with E-state index in [-0.39, 0.29) is 11.9 Å². The fourth-order valence-electron chi connectivity index (χ4n) is 2.43. The second kappa shape index (κ2) is 6.36. The maximum Gasteiger partial charge on any atom is 0.309 e. The first-order valence-electron chi connectivity index (χ1n) is 6.71. The van der Waals surface area contributed by atoms with Crippen LogP contribution in [0.4, 0.5) is 5.69 Å². The van der Waals surface area contributed by atoms with Crippen molar-refractivity contribution in [1.82, 2.24) is 0 Å². The summed E-state index contributed by atoms with van der Waals surface area (Å²) in [6.45, 7) is 3.93. The van der Waals surface area contributed by atoms with E-state index < -0.39 is 0 Å². The van der Waals surface area contributed by atoms with Crippen molar-refractivity contribution in [1.29, 1.82) is 0 Å². The van der Waals surface area contributed by atoms with E-state index in [2.05, 4.69) is 4.90 Å². The Morgan fingerprint density at radius 3 is 2.79 bits per heavy atom. The first kappa shape index (κ1) is 13.6. The van der Waals surface area contributed by atoms with E-state index >= 15 is 0 Å². The van der Waals surface area contributed by atoms with E-state index in [1.165, 1.54) is 0 Å². The number of nitrogens with zero attached hydrogens (tertiary/aromatic N) is 1. The summed E-state index contributed by atoms with van der Waals surface area (Å²) in [5, 5.41) is 0. The van der Waals surface area contributed by atoms with Gasteiger partial charge in [-0.2, -0.15) is 0 Å². The fraction of sp³-hybridized carbons (Fsp3) is 0.467. The molecule has 0 spiro atoms. The predicted molar refractivity (Wildman–Crippen MR) is 73.4 cm³/mol. The standard InChI is InChI=1S/C15H19NO3/c1-2-19-15(18)13-6-8-16(9-7-13)14-5-3-4-12(10-14)11-17/h3-5,10-11,13H,2,6-9H2,1H3. The highest BCUT2D eigenvalue weighted by molar-refractivity contribution is 5.77. The number of piperidine rings is 1. The van der Waals surface area contributed by atoms with E-state index in [4.69, 9.17) is 4.74 Å². The van der Waals surface area contributed by atoms with Crippen LogP contribution in [-0.2, 0) is 9.53 Å². The highest BCUT2D eigenvalue weighted by Crippen LogP contribution is 2.24. The highest BCUT2D eigenvalue weighted by Gasteiger charge is 2.26. The minimum absolute atomic E-state index is 0.0189. The third kappa shape index (κ3) is 3.34. The third-order valence-corrected chi connectivity index (χ3v) is 3.49. The van der Waals surface area contributed by atoms with Gasteiger partial charge >= 0.3 is 5.97 Å². The minimum Gasteiger partial charge on any atom is -0.466 e. The average Bonchev–Trinajstić information content (AvgIpc) is 2.48. The quantitative estimate of drug-likeness (QED) is 0.616. The predicted octanol–water partition coefficient (Wildman–Crippen LogP) is 2.28. The van der Waals surface area contributed by atoms with E-state index in [0.717, 1.165) is 37.9 Å². The summed E-state index contributed by atoms with van der Waals surface area (Å²) < 4.78 is 5.06. The zero-order chi connectivity index (χ0) is 13.7. The van der Waals surface area contributed by atoms with Crippen LogP contribution < -0.4 is 4.90 Å². The second-order valence-corrected chi connectivity index (χ2v) is 4.73. The number of hydrogen-bond donors (Lipinski definition) is 0. The molecule has 1 aromatic carbocycles. The Hall–Kier alpha value is -1.84. The molecule has 0 unspecified atom stereocenters. The van der Waals surface area contributed by atoms with Crippen molar-refractivity contribution in [3.05, 3.63) is 29.8 Å². The summed E-state index contributed by atoms with van der Waals surface area (Å²) in [6, 6.07) is 7.56. The third-order valence-electron chi connectivity index (χ3n) is 3.49. The van der Waals surface area contributed by atoms with Crippen molar-refractivity contribution in [3.8, 4) is 0 Å². The second-order valence-electron chi connectivity index (χ2n) is 4.73. The number of anilines is 1. The lowest BCUT2D eigenvalue weighted by molar-refractivity contribution is -0.148. The number of rotatable bonds is 4. The Labute approximate surface area is 113 Å². The van der Waals surface area contributed by atoms with Gasteiger partial charge in [-0.25, -0.2) is 0 Å². The van der Waals surface area contributed by atoms with E-state index in [1.807, 2.05) is 25.1 Å².